The SMILES string of the molecule is Cc1c(Cl)cccc1NC(=O)NC(C)c1cccs1. The number of halogens is 1. The molecule has 5 heteroatoms. The molecular weight excluding hydrogens is 280 g/mol. The van der Waals surface area contributed by atoms with E-state index in [1.54, 1.807) is 17.4 Å². The highest BCUT2D eigenvalue weighted by Crippen LogP contribution is 2.23. The maximum Gasteiger partial charge on any atom is 0.319 e. The zero-order valence-corrected chi connectivity index (χ0v) is 12.3. The van der Waals surface area contributed by atoms with Crippen LogP contribution in [0.3, 0.4) is 0 Å². The van der Waals surface area contributed by atoms with Gasteiger partial charge in [0.1, 0.15) is 0 Å². The zero-order valence-electron chi connectivity index (χ0n) is 10.7. The highest BCUT2D eigenvalue weighted by molar-refractivity contribution is 7.10. The topological polar surface area (TPSA) is 41.1 Å². The number of benzene rings is 1. The van der Waals surface area contributed by atoms with Crippen LogP contribution < -0.4 is 10.6 Å². The van der Waals surface area contributed by atoms with Gasteiger partial charge in [-0.05, 0) is 43.0 Å². The summed E-state index contributed by atoms with van der Waals surface area (Å²) in [7, 11) is 0. The number of rotatable bonds is 3. The molecule has 0 saturated heterocycles. The predicted octanol–water partition coefficient (Wildman–Crippen LogP) is 4.59. The molecule has 1 heterocycles. The molecule has 0 fully saturated rings. The zero-order chi connectivity index (χ0) is 13.8. The molecule has 19 heavy (non-hydrogen) atoms. The summed E-state index contributed by atoms with van der Waals surface area (Å²) in [5, 5.41) is 8.34. The molecule has 0 aliphatic carbocycles. The van der Waals surface area contributed by atoms with Crippen LogP contribution in [0.2, 0.25) is 5.02 Å². The first-order chi connectivity index (χ1) is 9.08. The van der Waals surface area contributed by atoms with Crippen molar-refractivity contribution in [3.8, 4) is 0 Å². The Hall–Kier alpha value is -1.52. The van der Waals surface area contributed by atoms with Crippen LogP contribution in [0.1, 0.15) is 23.4 Å². The van der Waals surface area contributed by atoms with Crippen molar-refractivity contribution in [2.24, 2.45) is 0 Å². The summed E-state index contributed by atoms with van der Waals surface area (Å²) in [6, 6.07) is 9.17. The van der Waals surface area contributed by atoms with Crippen LogP contribution in [-0.4, -0.2) is 6.03 Å². The van der Waals surface area contributed by atoms with Gasteiger partial charge in [0.05, 0.1) is 6.04 Å². The molecule has 0 aliphatic heterocycles. The number of nitrogens with one attached hydrogen (secondary N) is 2. The summed E-state index contributed by atoms with van der Waals surface area (Å²) in [6.45, 7) is 3.83. The smallest absolute Gasteiger partial charge is 0.319 e. The highest BCUT2D eigenvalue weighted by atomic mass is 35.5. The lowest BCUT2D eigenvalue weighted by Crippen LogP contribution is -2.31. The fraction of sp³-hybridized carbons (Fsp3) is 0.214. The van der Waals surface area contributed by atoms with Crippen molar-refractivity contribution in [3.63, 3.8) is 0 Å². The molecular formula is C14H15ClN2OS. The van der Waals surface area contributed by atoms with E-state index in [-0.39, 0.29) is 12.1 Å². The molecule has 0 bridgehead atoms. The Morgan fingerprint density at radius 2 is 2.11 bits per heavy atom. The molecule has 0 saturated carbocycles. The second-order valence-corrected chi connectivity index (χ2v) is 5.63. The summed E-state index contributed by atoms with van der Waals surface area (Å²) in [4.78, 5) is 13.0. The third kappa shape index (κ3) is 3.49. The van der Waals surface area contributed by atoms with Gasteiger partial charge in [-0.1, -0.05) is 23.7 Å². The van der Waals surface area contributed by atoms with Gasteiger partial charge in [-0.25, -0.2) is 4.79 Å². The van der Waals surface area contributed by atoms with Crippen LogP contribution in [0, 0.1) is 6.92 Å². The number of carbonyl (C=O) groups is 1. The van der Waals surface area contributed by atoms with Crippen molar-refractivity contribution < 1.29 is 4.79 Å². The number of urea groups is 1. The summed E-state index contributed by atoms with van der Waals surface area (Å²) in [6.07, 6.45) is 0. The van der Waals surface area contributed by atoms with Gasteiger partial charge < -0.3 is 10.6 Å². The third-order valence-electron chi connectivity index (χ3n) is 2.83. The molecule has 0 spiro atoms. The van der Waals surface area contributed by atoms with Crippen molar-refractivity contribution in [1.29, 1.82) is 0 Å². The van der Waals surface area contributed by atoms with E-state index in [1.807, 2.05) is 43.5 Å². The van der Waals surface area contributed by atoms with E-state index in [9.17, 15) is 4.79 Å². The van der Waals surface area contributed by atoms with Gasteiger partial charge in [0.25, 0.3) is 0 Å². The van der Waals surface area contributed by atoms with Crippen molar-refractivity contribution in [2.75, 3.05) is 5.32 Å². The lowest BCUT2D eigenvalue weighted by Gasteiger charge is -2.14. The Labute approximate surface area is 121 Å². The van der Waals surface area contributed by atoms with Crippen LogP contribution in [0.15, 0.2) is 35.7 Å². The fourth-order valence-electron chi connectivity index (χ4n) is 1.71. The number of hydrogen-bond acceptors (Lipinski definition) is 2. The largest absolute Gasteiger partial charge is 0.331 e. The first kappa shape index (κ1) is 13.9. The molecule has 0 aliphatic rings. The minimum Gasteiger partial charge on any atom is -0.331 e. The van der Waals surface area contributed by atoms with Crippen LogP contribution in [0.4, 0.5) is 10.5 Å². The second-order valence-electron chi connectivity index (χ2n) is 4.25. The number of carbonyl (C=O) groups excluding carboxylic acids is 1. The molecule has 3 nitrogen and oxygen atoms in total. The number of amides is 2. The van der Waals surface area contributed by atoms with Gasteiger partial charge in [-0.2, -0.15) is 0 Å². The van der Waals surface area contributed by atoms with Crippen molar-refractivity contribution in [2.45, 2.75) is 19.9 Å². The fourth-order valence-corrected chi connectivity index (χ4v) is 2.62. The lowest BCUT2D eigenvalue weighted by molar-refractivity contribution is 0.249. The van der Waals surface area contributed by atoms with Gasteiger partial charge in [-0.15, -0.1) is 11.3 Å². The van der Waals surface area contributed by atoms with E-state index in [0.29, 0.717) is 5.02 Å². The Balaban J connectivity index is 2.00. The number of hydrogen-bond donors (Lipinski definition) is 2. The van der Waals surface area contributed by atoms with Crippen LogP contribution in [0.25, 0.3) is 0 Å². The quantitative estimate of drug-likeness (QED) is 0.854. The molecule has 1 atom stereocenters. The molecule has 100 valence electrons. The maximum atomic E-state index is 11.9. The Bertz CT molecular complexity index is 569. The molecule has 1 aromatic heterocycles. The molecule has 1 aromatic carbocycles. The standard InChI is InChI=1S/C14H15ClN2OS/c1-9-11(15)5-3-6-12(9)17-14(18)16-10(2)13-7-4-8-19-13/h3-8,10H,1-2H3,(H2,16,17,18). The average molecular weight is 295 g/mol. The van der Waals surface area contributed by atoms with E-state index in [1.165, 1.54) is 0 Å². The van der Waals surface area contributed by atoms with Gasteiger partial charge in [0.15, 0.2) is 0 Å². The van der Waals surface area contributed by atoms with Crippen molar-refractivity contribution >= 4 is 34.7 Å². The summed E-state index contributed by atoms with van der Waals surface area (Å²) in [5.41, 5.74) is 1.59. The number of anilines is 1. The normalized spacial score (nSPS) is 11.9. The molecule has 2 aromatic rings. The van der Waals surface area contributed by atoms with Gasteiger partial charge in [0, 0.05) is 15.6 Å². The lowest BCUT2D eigenvalue weighted by atomic mass is 10.2. The van der Waals surface area contributed by atoms with Crippen LogP contribution in [0.5, 0.6) is 0 Å². The van der Waals surface area contributed by atoms with E-state index in [4.69, 9.17) is 11.6 Å². The minimum atomic E-state index is -0.230. The van der Waals surface area contributed by atoms with E-state index >= 15 is 0 Å². The van der Waals surface area contributed by atoms with Crippen LogP contribution in [-0.2, 0) is 0 Å². The van der Waals surface area contributed by atoms with Crippen molar-refractivity contribution in [3.05, 3.63) is 51.2 Å². The molecule has 0 radical (unpaired) electrons. The van der Waals surface area contributed by atoms with E-state index < -0.39 is 0 Å². The predicted molar refractivity (Wildman–Crippen MR) is 81.1 cm³/mol. The minimum absolute atomic E-state index is 0.0144. The van der Waals surface area contributed by atoms with Gasteiger partial charge in [0.2, 0.25) is 0 Å². The maximum absolute atomic E-state index is 11.9. The number of thiophene rings is 1. The second kappa shape index (κ2) is 6.08. The van der Waals surface area contributed by atoms with E-state index in [2.05, 4.69) is 10.6 Å². The molecule has 2 amide bonds. The van der Waals surface area contributed by atoms with Crippen molar-refractivity contribution in [1.82, 2.24) is 5.32 Å². The summed E-state index contributed by atoms with van der Waals surface area (Å²) < 4.78 is 0. The summed E-state index contributed by atoms with van der Waals surface area (Å²) in [5.74, 6) is 0. The van der Waals surface area contributed by atoms with E-state index in [0.717, 1.165) is 16.1 Å². The monoisotopic (exact) mass is 294 g/mol. The van der Waals surface area contributed by atoms with Crippen LogP contribution >= 0.6 is 22.9 Å². The summed E-state index contributed by atoms with van der Waals surface area (Å²) >= 11 is 7.64. The first-order valence-corrected chi connectivity index (χ1v) is 7.19. The Morgan fingerprint density at radius 1 is 1.32 bits per heavy atom. The first-order valence-electron chi connectivity index (χ1n) is 5.94. The van der Waals surface area contributed by atoms with Gasteiger partial charge >= 0.3 is 6.03 Å². The molecule has 2 N–H and O–H groups in total. The average Bonchev–Trinajstić information content (AvgIpc) is 2.88. The Morgan fingerprint density at radius 3 is 2.79 bits per heavy atom. The Kier molecular flexibility index (Phi) is 4.45. The highest BCUT2D eigenvalue weighted by Gasteiger charge is 2.11. The molecule has 2 rings (SSSR count). The van der Waals surface area contributed by atoms with Gasteiger partial charge in [-0.3, -0.25) is 0 Å². The third-order valence-corrected chi connectivity index (χ3v) is 4.30. The molecule has 1 unspecified atom stereocenters.